The van der Waals surface area contributed by atoms with E-state index in [4.69, 9.17) is 4.74 Å². The summed E-state index contributed by atoms with van der Waals surface area (Å²) in [7, 11) is -16.4. The highest BCUT2D eigenvalue weighted by Crippen LogP contribution is 2.81. The van der Waals surface area contributed by atoms with E-state index in [2.05, 4.69) is 55.6 Å². The van der Waals surface area contributed by atoms with Gasteiger partial charge in [0.2, 0.25) is 0 Å². The maximum absolute atomic E-state index is 12.2. The Kier molecular flexibility index (Phi) is 9.48. The van der Waals surface area contributed by atoms with Gasteiger partial charge >= 0.3 is 23.0 Å². The van der Waals surface area contributed by atoms with Crippen LogP contribution in [0.5, 0.6) is 0 Å². The lowest BCUT2D eigenvalue weighted by Gasteiger charge is -2.27. The van der Waals surface area contributed by atoms with Crippen LogP contribution < -0.4 is 4.90 Å². The average molecular weight is 719 g/mol. The largest absolute Gasteiger partial charge is 0.479 e. The maximum atomic E-state index is 12.2. The Hall–Kier alpha value is -0.360. The monoisotopic (exact) mass is 717 g/mol. The number of anilines is 1. The Morgan fingerprint density at radius 3 is 2.27 bits per heavy atom. The molecule has 37 heavy (non-hydrogen) atoms. The van der Waals surface area contributed by atoms with E-state index in [9.17, 15) is 43.5 Å². The minimum Gasteiger partial charge on any atom is -0.387 e. The molecule has 0 radical (unpaired) electrons. The lowest BCUT2D eigenvalue weighted by atomic mass is 10.1. The molecule has 210 valence electrons. The molecule has 0 aromatic carbocycles. The smallest absolute Gasteiger partial charge is 0.387 e. The fourth-order valence-electron chi connectivity index (χ4n) is 3.42. The normalized spacial score (nSPS) is 26.2. The molecule has 0 amide bonds. The molecular weight excluding hydrogens is 695 g/mol. The topological polar surface area (TPSA) is 247 Å². The van der Waals surface area contributed by atoms with Crippen molar-refractivity contribution in [3.63, 3.8) is 0 Å². The summed E-state index contributed by atoms with van der Waals surface area (Å²) < 4.78 is 48.5. The maximum Gasteiger partial charge on any atom is 0.479 e. The highest BCUT2D eigenvalue weighted by atomic mass is 79.9. The van der Waals surface area contributed by atoms with Crippen LogP contribution in [0.3, 0.4) is 0 Å². The first kappa shape index (κ1) is 31.2. The number of hydrogen-bond acceptors (Lipinski definition) is 12. The van der Waals surface area contributed by atoms with Gasteiger partial charge in [-0.05, 0) is 45.7 Å². The molecule has 1 fully saturated rings. The number of aromatic nitrogens is 4. The predicted molar refractivity (Wildman–Crippen MR) is 134 cm³/mol. The number of ether oxygens (including phenoxy) is 1. The summed E-state index contributed by atoms with van der Waals surface area (Å²) in [4.78, 5) is 52.8. The van der Waals surface area contributed by atoms with Gasteiger partial charge in [-0.2, -0.15) is 0 Å². The standard InChI is InChI=1S/C15H24Br2N5O12P3/c1-3-21(4-2)12-9-13(19-6-18-12)22(7-20-9)14-11(24)10(23)8(33-14)5-32-37(30,31)34-36(28,29)15(16,17)35(25,26)27/h6-8,10-11,14,23-24H,3-5H2,1-2H3,(H,28,29)(H,30,31)(H2,25,26,27)/t8-,10-,11+,14-/m1/s1. The zero-order valence-corrected chi connectivity index (χ0v) is 24.9. The van der Waals surface area contributed by atoms with Crippen LogP contribution in [0, 0.1) is 0 Å². The number of alkyl halides is 2. The van der Waals surface area contributed by atoms with Crippen LogP contribution in [-0.4, -0.2) is 90.0 Å². The molecule has 0 saturated carbocycles. The fraction of sp³-hybridized carbons (Fsp3) is 0.667. The van der Waals surface area contributed by atoms with Crippen LogP contribution >= 0.6 is 54.9 Å². The lowest BCUT2D eigenvalue weighted by molar-refractivity contribution is -0.0501. The quantitative estimate of drug-likeness (QED) is 0.141. The summed E-state index contributed by atoms with van der Waals surface area (Å²) in [6.45, 7) is 4.21. The van der Waals surface area contributed by atoms with Crippen molar-refractivity contribution in [2.45, 2.75) is 41.1 Å². The second-order valence-corrected chi connectivity index (χ2v) is 19.2. The summed E-state index contributed by atoms with van der Waals surface area (Å²) in [5.41, 5.74) is 0.678. The van der Waals surface area contributed by atoms with Gasteiger partial charge in [-0.15, -0.1) is 0 Å². The second kappa shape index (κ2) is 11.3. The van der Waals surface area contributed by atoms with Crippen molar-refractivity contribution < 1.29 is 57.1 Å². The van der Waals surface area contributed by atoms with Crippen molar-refractivity contribution in [1.82, 2.24) is 19.5 Å². The molecule has 0 spiro atoms. The highest BCUT2D eigenvalue weighted by Gasteiger charge is 2.61. The van der Waals surface area contributed by atoms with Crippen LogP contribution in [0.15, 0.2) is 12.7 Å². The molecule has 0 aliphatic carbocycles. The molecule has 6 atom stereocenters. The Labute approximate surface area is 226 Å². The summed E-state index contributed by atoms with van der Waals surface area (Å²) in [6, 6.07) is 0. The molecular formula is C15H24Br2N5O12P3. The Morgan fingerprint density at radius 2 is 1.70 bits per heavy atom. The van der Waals surface area contributed by atoms with Crippen LogP contribution in [0.2, 0.25) is 0 Å². The van der Waals surface area contributed by atoms with Gasteiger partial charge in [0.25, 0.3) is 2.72 Å². The number of imidazole rings is 1. The number of rotatable bonds is 11. The van der Waals surface area contributed by atoms with Gasteiger partial charge < -0.3 is 39.4 Å². The van der Waals surface area contributed by atoms with E-state index >= 15 is 0 Å². The van der Waals surface area contributed by atoms with Crippen molar-refractivity contribution in [3.8, 4) is 0 Å². The second-order valence-electron chi connectivity index (χ2n) is 7.66. The number of nitrogens with zero attached hydrogens (tertiary/aromatic N) is 5. The Morgan fingerprint density at radius 1 is 1.08 bits per heavy atom. The molecule has 17 nitrogen and oxygen atoms in total. The molecule has 3 rings (SSSR count). The molecule has 6 N–H and O–H groups in total. The molecule has 2 aromatic rings. The van der Waals surface area contributed by atoms with E-state index in [0.29, 0.717) is 24.4 Å². The van der Waals surface area contributed by atoms with E-state index < -0.39 is 56.9 Å². The molecule has 1 aliphatic heterocycles. The van der Waals surface area contributed by atoms with Gasteiger partial charge in [0.1, 0.15) is 24.6 Å². The first-order valence-corrected chi connectivity index (χ1v) is 16.6. The molecule has 3 heterocycles. The average Bonchev–Trinajstić information content (AvgIpc) is 3.33. The number of halogens is 2. The number of phosphoric acid groups is 1. The summed E-state index contributed by atoms with van der Waals surface area (Å²) in [5.74, 6) is 0.540. The fourth-order valence-corrected chi connectivity index (χ4v) is 8.27. The van der Waals surface area contributed by atoms with Gasteiger partial charge in [-0.3, -0.25) is 18.2 Å². The number of aliphatic hydroxyl groups is 2. The van der Waals surface area contributed by atoms with Gasteiger partial charge in [-0.25, -0.2) is 23.8 Å². The van der Waals surface area contributed by atoms with Gasteiger partial charge in [0.05, 0.1) is 12.9 Å². The van der Waals surface area contributed by atoms with E-state index in [1.807, 2.05) is 18.7 Å². The van der Waals surface area contributed by atoms with Crippen molar-refractivity contribution in [1.29, 1.82) is 0 Å². The number of aliphatic hydroxyl groups excluding tert-OH is 2. The van der Waals surface area contributed by atoms with Crippen LogP contribution in [0.4, 0.5) is 5.82 Å². The summed E-state index contributed by atoms with van der Waals surface area (Å²) >= 11 is 4.58. The Bertz CT molecular complexity index is 1270. The van der Waals surface area contributed by atoms with Crippen molar-refractivity contribution in [2.24, 2.45) is 0 Å². The minimum atomic E-state index is -5.58. The Balaban J connectivity index is 1.77. The van der Waals surface area contributed by atoms with E-state index in [-0.39, 0.29) is 5.65 Å². The van der Waals surface area contributed by atoms with Crippen LogP contribution in [0.1, 0.15) is 20.1 Å². The highest BCUT2D eigenvalue weighted by molar-refractivity contribution is 9.29. The number of hydrogen-bond donors (Lipinski definition) is 6. The molecule has 2 aromatic heterocycles. The van der Waals surface area contributed by atoms with Gasteiger partial charge in [0.15, 0.2) is 23.2 Å². The third-order valence-corrected chi connectivity index (χ3v) is 15.9. The van der Waals surface area contributed by atoms with Crippen molar-refractivity contribution in [2.75, 3.05) is 24.6 Å². The van der Waals surface area contributed by atoms with Crippen LogP contribution in [0.25, 0.3) is 11.2 Å². The number of phosphoric ester groups is 1. The van der Waals surface area contributed by atoms with Crippen LogP contribution in [-0.2, 0) is 27.3 Å². The third kappa shape index (κ3) is 6.20. The van der Waals surface area contributed by atoms with E-state index in [0.717, 1.165) is 0 Å². The van der Waals surface area contributed by atoms with E-state index in [1.54, 1.807) is 0 Å². The molecule has 22 heteroatoms. The third-order valence-electron chi connectivity index (χ3n) is 5.32. The zero-order valence-electron chi connectivity index (χ0n) is 19.1. The molecule has 0 bridgehead atoms. The lowest BCUT2D eigenvalue weighted by Crippen LogP contribution is -2.33. The molecule has 1 saturated heterocycles. The predicted octanol–water partition coefficient (Wildman–Crippen LogP) is 1.19. The first-order valence-electron chi connectivity index (χ1n) is 10.4. The summed E-state index contributed by atoms with van der Waals surface area (Å²) in [6.07, 6.45) is -3.33. The molecule has 2 unspecified atom stereocenters. The molecule has 1 aliphatic rings. The van der Waals surface area contributed by atoms with Gasteiger partial charge in [-0.1, -0.05) is 0 Å². The SMILES string of the molecule is CCN(CC)c1ncnc2c1ncn2[C@@H]1O[C@H](COP(=O)(O)OP(=O)(O)C(Br)(Br)P(=O)(O)O)[C@@H](O)[C@@H]1O. The number of fused-ring (bicyclic) bond motifs is 1. The van der Waals surface area contributed by atoms with Gasteiger partial charge in [0, 0.05) is 13.1 Å². The van der Waals surface area contributed by atoms with Crippen molar-refractivity contribution in [3.05, 3.63) is 12.7 Å². The van der Waals surface area contributed by atoms with E-state index in [1.165, 1.54) is 17.2 Å². The van der Waals surface area contributed by atoms with Crippen molar-refractivity contribution >= 4 is 71.9 Å². The summed E-state index contributed by atoms with van der Waals surface area (Å²) in [5, 5.41) is 21.0. The minimum absolute atomic E-state index is 0.274. The first-order chi connectivity index (χ1) is 17.0. The zero-order chi connectivity index (χ0) is 28.0.